The van der Waals surface area contributed by atoms with Gasteiger partial charge in [0.2, 0.25) is 0 Å². The lowest BCUT2D eigenvalue weighted by atomic mass is 10.4. The van der Waals surface area contributed by atoms with Crippen LogP contribution in [0.5, 0.6) is 0 Å². The zero-order valence-electron chi connectivity index (χ0n) is 7.02. The van der Waals surface area contributed by atoms with Gasteiger partial charge in [-0.15, -0.1) is 0 Å². The molecule has 0 bridgehead atoms. The Kier molecular flexibility index (Phi) is 4.75. The summed E-state index contributed by atoms with van der Waals surface area (Å²) in [5, 5.41) is 8.87. The van der Waals surface area contributed by atoms with Gasteiger partial charge in [0.05, 0.1) is 6.10 Å². The first-order valence-corrected chi connectivity index (χ1v) is 3.53. The highest BCUT2D eigenvalue weighted by atomic mass is 16.7. The molecule has 0 aromatic carbocycles. The molecule has 0 N–H and O–H groups in total. The zero-order valence-corrected chi connectivity index (χ0v) is 7.02. The average Bonchev–Trinajstić information content (AvgIpc) is 1.84. The van der Waals surface area contributed by atoms with Crippen LogP contribution >= 0.6 is 0 Å². The van der Waals surface area contributed by atoms with Crippen molar-refractivity contribution in [1.82, 2.24) is 0 Å². The van der Waals surface area contributed by atoms with Crippen LogP contribution in [0.4, 0.5) is 0 Å². The van der Waals surface area contributed by atoms with Crippen LogP contribution in [0.15, 0.2) is 0 Å². The Hall–Kier alpha value is -1.33. The second-order valence-corrected chi connectivity index (χ2v) is 2.39. The average molecular weight is 175 g/mol. The maximum absolute atomic E-state index is 10.7. The Morgan fingerprint density at radius 3 is 2.67 bits per heavy atom. The normalized spacial score (nSPS) is 9.58. The van der Waals surface area contributed by atoms with Crippen molar-refractivity contribution in [2.75, 3.05) is 6.54 Å². The molecule has 0 aliphatic heterocycles. The smallest absolute Gasteiger partial charge is 0.304 e. The molecule has 0 aliphatic rings. The van der Waals surface area contributed by atoms with Gasteiger partial charge in [0, 0.05) is 6.42 Å². The standard InChI is InChI=1S/C6H11N2O4/c1-5(2)12-6(9)3-4-7-8(10)11/h5H,3-4H2,1-2H3/q-1. The third-order valence-corrected chi connectivity index (χ3v) is 0.899. The van der Waals surface area contributed by atoms with Crippen molar-refractivity contribution < 1.29 is 14.6 Å². The highest BCUT2D eigenvalue weighted by molar-refractivity contribution is 5.69. The number of nitro groups is 1. The van der Waals surface area contributed by atoms with Crippen molar-refractivity contribution in [1.29, 1.82) is 0 Å². The molecule has 0 unspecified atom stereocenters. The summed E-state index contributed by atoms with van der Waals surface area (Å²) < 4.78 is 4.71. The molecular weight excluding hydrogens is 164 g/mol. The Bertz CT molecular complexity index is 169. The van der Waals surface area contributed by atoms with E-state index in [1.54, 1.807) is 13.8 Å². The Morgan fingerprint density at radius 2 is 2.25 bits per heavy atom. The lowest BCUT2D eigenvalue weighted by Gasteiger charge is -2.10. The van der Waals surface area contributed by atoms with Gasteiger partial charge in [0.25, 0.3) is 0 Å². The van der Waals surface area contributed by atoms with Crippen LogP contribution in [0.2, 0.25) is 0 Å². The summed E-state index contributed by atoms with van der Waals surface area (Å²) in [6.45, 7) is 3.30. The molecule has 0 aromatic rings. The number of esters is 1. The molecule has 0 heterocycles. The maximum Gasteiger partial charge on any atom is 0.304 e. The van der Waals surface area contributed by atoms with Crippen LogP contribution < -0.4 is 0 Å². The molecule has 6 nitrogen and oxygen atoms in total. The van der Waals surface area contributed by atoms with Crippen molar-refractivity contribution >= 4 is 5.97 Å². The Labute approximate surface area is 70.0 Å². The van der Waals surface area contributed by atoms with Gasteiger partial charge < -0.3 is 10.2 Å². The van der Waals surface area contributed by atoms with E-state index in [0.717, 1.165) is 0 Å². The molecule has 0 aromatic heterocycles. The summed E-state index contributed by atoms with van der Waals surface area (Å²) in [6, 6.07) is 0. The quantitative estimate of drug-likeness (QED) is 0.353. The Morgan fingerprint density at radius 1 is 1.67 bits per heavy atom. The number of rotatable bonds is 5. The number of hydrogen-bond acceptors (Lipinski definition) is 4. The monoisotopic (exact) mass is 175 g/mol. The largest absolute Gasteiger partial charge is 0.463 e. The van der Waals surface area contributed by atoms with E-state index in [1.165, 1.54) is 0 Å². The number of hydrogen-bond donors (Lipinski definition) is 0. The van der Waals surface area contributed by atoms with Crippen LogP contribution in [0.1, 0.15) is 20.3 Å². The van der Waals surface area contributed by atoms with E-state index in [9.17, 15) is 14.9 Å². The van der Waals surface area contributed by atoms with Gasteiger partial charge in [0.15, 0.2) is 0 Å². The molecule has 0 atom stereocenters. The number of carbonyl (C=O) groups is 1. The second-order valence-electron chi connectivity index (χ2n) is 2.39. The maximum atomic E-state index is 10.7. The molecule has 0 rings (SSSR count). The van der Waals surface area contributed by atoms with E-state index >= 15 is 0 Å². The lowest BCUT2D eigenvalue weighted by molar-refractivity contribution is -0.426. The highest BCUT2D eigenvalue weighted by Gasteiger charge is 2.02. The van der Waals surface area contributed by atoms with Crippen molar-refractivity contribution in [2.45, 2.75) is 26.4 Å². The Balaban J connectivity index is 3.38. The minimum Gasteiger partial charge on any atom is -0.463 e. The predicted octanol–water partition coefficient (Wildman–Crippen LogP) is 0.893. The molecule has 0 aliphatic carbocycles. The predicted molar refractivity (Wildman–Crippen MR) is 41.1 cm³/mol. The first-order valence-electron chi connectivity index (χ1n) is 3.53. The van der Waals surface area contributed by atoms with Crippen LogP contribution in [-0.4, -0.2) is 23.7 Å². The van der Waals surface area contributed by atoms with Gasteiger partial charge in [-0.05, 0) is 18.9 Å². The van der Waals surface area contributed by atoms with E-state index in [0.29, 0.717) is 0 Å². The molecule has 0 saturated heterocycles. The molecule has 70 valence electrons. The molecule has 0 saturated carbocycles. The minimum atomic E-state index is -0.817. The summed E-state index contributed by atoms with van der Waals surface area (Å²) in [5.74, 6) is -0.462. The van der Waals surface area contributed by atoms with Gasteiger partial charge in [-0.25, -0.2) is 0 Å². The third kappa shape index (κ3) is 6.79. The van der Waals surface area contributed by atoms with E-state index in [1.807, 2.05) is 0 Å². The summed E-state index contributed by atoms with van der Waals surface area (Å²) in [7, 11) is 0. The van der Waals surface area contributed by atoms with Crippen LogP contribution in [0.25, 0.3) is 5.43 Å². The van der Waals surface area contributed by atoms with Gasteiger partial charge in [-0.1, -0.05) is 6.54 Å². The summed E-state index contributed by atoms with van der Waals surface area (Å²) >= 11 is 0. The fraction of sp³-hybridized carbons (Fsp3) is 0.833. The lowest BCUT2D eigenvalue weighted by Crippen LogP contribution is -2.12. The highest BCUT2D eigenvalue weighted by Crippen LogP contribution is 1.96. The van der Waals surface area contributed by atoms with Crippen molar-refractivity contribution in [3.05, 3.63) is 15.5 Å². The molecular formula is C6H11N2O4-. The first kappa shape index (κ1) is 10.7. The summed E-state index contributed by atoms with van der Waals surface area (Å²) in [6.07, 6.45) is -0.229. The number of carbonyl (C=O) groups excluding carboxylic acids is 1. The minimum absolute atomic E-state index is 0.0425. The fourth-order valence-corrected chi connectivity index (χ4v) is 0.545. The molecule has 0 amide bonds. The van der Waals surface area contributed by atoms with Gasteiger partial charge >= 0.3 is 5.97 Å². The summed E-state index contributed by atoms with van der Waals surface area (Å²) in [4.78, 5) is 20.4. The fourth-order valence-electron chi connectivity index (χ4n) is 0.545. The van der Waals surface area contributed by atoms with E-state index < -0.39 is 11.0 Å². The number of nitrogens with zero attached hydrogens (tertiary/aromatic N) is 2. The van der Waals surface area contributed by atoms with Gasteiger partial charge in [-0.2, -0.15) is 0 Å². The number of ether oxygens (including phenoxy) is 1. The molecule has 0 spiro atoms. The van der Waals surface area contributed by atoms with E-state index in [-0.39, 0.29) is 19.1 Å². The van der Waals surface area contributed by atoms with Crippen LogP contribution in [-0.2, 0) is 9.53 Å². The van der Waals surface area contributed by atoms with E-state index in [4.69, 9.17) is 4.74 Å². The van der Waals surface area contributed by atoms with Crippen LogP contribution in [0.3, 0.4) is 0 Å². The van der Waals surface area contributed by atoms with E-state index in [2.05, 4.69) is 5.43 Å². The van der Waals surface area contributed by atoms with Crippen molar-refractivity contribution in [3.8, 4) is 0 Å². The molecule has 0 radical (unpaired) electrons. The second kappa shape index (κ2) is 5.34. The first-order chi connectivity index (χ1) is 5.52. The van der Waals surface area contributed by atoms with Gasteiger partial charge in [-0.3, -0.25) is 14.9 Å². The third-order valence-electron chi connectivity index (χ3n) is 0.899. The summed E-state index contributed by atoms with van der Waals surface area (Å²) in [5.41, 5.74) is 2.89. The molecule has 0 fully saturated rings. The molecule has 12 heavy (non-hydrogen) atoms. The van der Waals surface area contributed by atoms with Gasteiger partial charge in [0.1, 0.15) is 0 Å². The molecule has 6 heteroatoms. The van der Waals surface area contributed by atoms with Crippen molar-refractivity contribution in [2.24, 2.45) is 0 Å². The van der Waals surface area contributed by atoms with Crippen molar-refractivity contribution in [3.63, 3.8) is 0 Å². The SMILES string of the molecule is CC(C)OC(=O)CC[N-][N+](=O)[O-]. The van der Waals surface area contributed by atoms with Crippen LogP contribution in [0, 0.1) is 10.1 Å². The zero-order chi connectivity index (χ0) is 9.56. The topological polar surface area (TPSA) is 83.5 Å².